The van der Waals surface area contributed by atoms with E-state index in [1.165, 1.54) is 0 Å². The van der Waals surface area contributed by atoms with Crippen molar-refractivity contribution in [1.29, 1.82) is 5.26 Å². The minimum Gasteiger partial charge on any atom is -0.497 e. The number of fused-ring (bicyclic) bond motifs is 1. The Balaban J connectivity index is 2.21. The molecule has 5 nitrogen and oxygen atoms in total. The highest BCUT2D eigenvalue weighted by Crippen LogP contribution is 2.27. The molecular formula is C17H13N3O2. The monoisotopic (exact) mass is 291 g/mol. The van der Waals surface area contributed by atoms with Gasteiger partial charge in [0.2, 0.25) is 5.91 Å². The van der Waals surface area contributed by atoms with Gasteiger partial charge < -0.3 is 15.0 Å². The number of primary amides is 1. The van der Waals surface area contributed by atoms with Crippen molar-refractivity contribution < 1.29 is 9.53 Å². The number of hydrogen-bond donors (Lipinski definition) is 1. The summed E-state index contributed by atoms with van der Waals surface area (Å²) in [6, 6.07) is 16.4. The number of carbonyl (C=O) groups excluding carboxylic acids is 1. The van der Waals surface area contributed by atoms with Crippen LogP contribution in [0.25, 0.3) is 16.6 Å². The van der Waals surface area contributed by atoms with Crippen molar-refractivity contribution in [3.8, 4) is 17.5 Å². The van der Waals surface area contributed by atoms with E-state index < -0.39 is 5.91 Å². The third kappa shape index (κ3) is 2.17. The summed E-state index contributed by atoms with van der Waals surface area (Å²) in [6.07, 6.45) is 0. The molecule has 3 aromatic rings. The summed E-state index contributed by atoms with van der Waals surface area (Å²) in [5.41, 5.74) is 7.88. The normalized spacial score (nSPS) is 10.4. The molecule has 2 N–H and O–H groups in total. The fourth-order valence-corrected chi connectivity index (χ4v) is 2.46. The second-order valence-corrected chi connectivity index (χ2v) is 4.81. The van der Waals surface area contributed by atoms with Gasteiger partial charge in [0.1, 0.15) is 17.5 Å². The Morgan fingerprint density at radius 1 is 1.18 bits per heavy atom. The summed E-state index contributed by atoms with van der Waals surface area (Å²) in [6.45, 7) is 0. The third-order valence-electron chi connectivity index (χ3n) is 3.53. The maximum Gasteiger partial charge on any atom is 0.248 e. The van der Waals surface area contributed by atoms with Gasteiger partial charge in [-0.25, -0.2) is 0 Å². The highest BCUT2D eigenvalue weighted by atomic mass is 16.5. The third-order valence-corrected chi connectivity index (χ3v) is 3.53. The summed E-state index contributed by atoms with van der Waals surface area (Å²) >= 11 is 0. The summed E-state index contributed by atoms with van der Waals surface area (Å²) in [5, 5.41) is 10.3. The molecule has 1 aromatic heterocycles. The Labute approximate surface area is 127 Å². The van der Waals surface area contributed by atoms with Gasteiger partial charge in [0.25, 0.3) is 0 Å². The number of nitrogens with zero attached hydrogens (tertiary/aromatic N) is 2. The summed E-state index contributed by atoms with van der Waals surface area (Å²) in [4.78, 5) is 11.2. The summed E-state index contributed by atoms with van der Waals surface area (Å²) < 4.78 is 7.04. The van der Waals surface area contributed by atoms with Crippen LogP contribution in [-0.2, 0) is 0 Å². The number of hydrogen-bond acceptors (Lipinski definition) is 3. The van der Waals surface area contributed by atoms with Gasteiger partial charge >= 0.3 is 0 Å². The molecule has 0 radical (unpaired) electrons. The first-order valence-corrected chi connectivity index (χ1v) is 6.64. The van der Waals surface area contributed by atoms with Crippen molar-refractivity contribution in [2.24, 2.45) is 5.73 Å². The summed E-state index contributed by atoms with van der Waals surface area (Å²) in [7, 11) is 1.60. The molecule has 1 amide bonds. The van der Waals surface area contributed by atoms with Gasteiger partial charge in [-0.3, -0.25) is 4.79 Å². The number of methoxy groups -OCH3 is 1. The predicted molar refractivity (Wildman–Crippen MR) is 83.1 cm³/mol. The molecule has 3 rings (SSSR count). The van der Waals surface area contributed by atoms with E-state index in [4.69, 9.17) is 10.5 Å². The summed E-state index contributed by atoms with van der Waals surface area (Å²) in [5.74, 6) is 0.257. The molecule has 0 spiro atoms. The first kappa shape index (κ1) is 13.7. The lowest BCUT2D eigenvalue weighted by atomic mass is 10.2. The zero-order valence-corrected chi connectivity index (χ0v) is 11.9. The van der Waals surface area contributed by atoms with Gasteiger partial charge in [0.15, 0.2) is 0 Å². The van der Waals surface area contributed by atoms with Gasteiger partial charge in [0, 0.05) is 16.6 Å². The first-order chi connectivity index (χ1) is 10.6. The fourth-order valence-electron chi connectivity index (χ4n) is 2.46. The van der Waals surface area contributed by atoms with E-state index in [1.54, 1.807) is 37.4 Å². The van der Waals surface area contributed by atoms with Crippen molar-refractivity contribution in [2.75, 3.05) is 7.11 Å². The number of amides is 1. The van der Waals surface area contributed by atoms with Crippen molar-refractivity contribution in [3.63, 3.8) is 0 Å². The molecule has 22 heavy (non-hydrogen) atoms. The smallest absolute Gasteiger partial charge is 0.248 e. The molecule has 0 atom stereocenters. The minimum absolute atomic E-state index is 0.431. The second kappa shape index (κ2) is 5.26. The van der Waals surface area contributed by atoms with Crippen molar-refractivity contribution in [1.82, 2.24) is 4.57 Å². The molecule has 0 aliphatic heterocycles. The van der Waals surface area contributed by atoms with Crippen LogP contribution in [0.15, 0.2) is 48.5 Å². The molecular weight excluding hydrogens is 278 g/mol. The van der Waals surface area contributed by atoms with Crippen LogP contribution in [0.5, 0.6) is 5.75 Å². The number of ether oxygens (including phenoxy) is 1. The number of aromatic nitrogens is 1. The number of nitrogens with two attached hydrogens (primary N) is 1. The maximum absolute atomic E-state index is 11.2. The Morgan fingerprint density at radius 2 is 1.91 bits per heavy atom. The van der Waals surface area contributed by atoms with Gasteiger partial charge in [-0.05, 0) is 48.5 Å². The largest absolute Gasteiger partial charge is 0.497 e. The number of carbonyl (C=O) groups is 1. The van der Waals surface area contributed by atoms with E-state index >= 15 is 0 Å². The SMILES string of the molecule is COc1ccc2c(c1)cc(C#N)n2-c1ccc(C(N)=O)cc1. The van der Waals surface area contributed by atoms with Crippen LogP contribution in [0.2, 0.25) is 0 Å². The van der Waals surface area contributed by atoms with Crippen LogP contribution in [0, 0.1) is 11.3 Å². The molecule has 0 unspecified atom stereocenters. The van der Waals surface area contributed by atoms with Crippen molar-refractivity contribution in [2.45, 2.75) is 0 Å². The van der Waals surface area contributed by atoms with Crippen LogP contribution in [0.4, 0.5) is 0 Å². The standard InChI is InChI=1S/C17H13N3O2/c1-22-15-6-7-16-12(9-15)8-14(10-18)20(16)13-4-2-11(3-5-13)17(19)21/h2-9H,1H3,(H2,19,21). The minimum atomic E-state index is -0.478. The molecule has 2 aromatic carbocycles. The lowest BCUT2D eigenvalue weighted by molar-refractivity contribution is 0.100. The van der Waals surface area contributed by atoms with Crippen LogP contribution >= 0.6 is 0 Å². The van der Waals surface area contributed by atoms with Crippen LogP contribution in [0.1, 0.15) is 16.1 Å². The van der Waals surface area contributed by atoms with Crippen molar-refractivity contribution >= 4 is 16.8 Å². The van der Waals surface area contributed by atoms with Crippen LogP contribution < -0.4 is 10.5 Å². The van der Waals surface area contributed by atoms with Crippen LogP contribution in [-0.4, -0.2) is 17.6 Å². The molecule has 5 heteroatoms. The highest BCUT2D eigenvalue weighted by Gasteiger charge is 2.11. The molecule has 0 aliphatic rings. The van der Waals surface area contributed by atoms with E-state index in [0.717, 1.165) is 22.3 Å². The fraction of sp³-hybridized carbons (Fsp3) is 0.0588. The molecule has 0 fully saturated rings. The lowest BCUT2D eigenvalue weighted by Gasteiger charge is -2.08. The number of benzene rings is 2. The molecule has 108 valence electrons. The van der Waals surface area contributed by atoms with E-state index in [-0.39, 0.29) is 0 Å². The van der Waals surface area contributed by atoms with E-state index in [2.05, 4.69) is 6.07 Å². The predicted octanol–water partition coefficient (Wildman–Crippen LogP) is 2.61. The van der Waals surface area contributed by atoms with E-state index in [0.29, 0.717) is 11.3 Å². The van der Waals surface area contributed by atoms with Gasteiger partial charge in [-0.2, -0.15) is 5.26 Å². The number of nitriles is 1. The van der Waals surface area contributed by atoms with Gasteiger partial charge in [-0.1, -0.05) is 0 Å². The average Bonchev–Trinajstić information content (AvgIpc) is 2.92. The molecule has 1 heterocycles. The molecule has 0 saturated carbocycles. The Bertz CT molecular complexity index is 902. The number of rotatable bonds is 3. The van der Waals surface area contributed by atoms with E-state index in [9.17, 15) is 10.1 Å². The average molecular weight is 291 g/mol. The topological polar surface area (TPSA) is 81.0 Å². The zero-order valence-electron chi connectivity index (χ0n) is 11.9. The zero-order chi connectivity index (χ0) is 15.7. The lowest BCUT2D eigenvalue weighted by Crippen LogP contribution is -2.10. The highest BCUT2D eigenvalue weighted by molar-refractivity contribution is 5.93. The van der Waals surface area contributed by atoms with E-state index in [1.807, 2.05) is 22.8 Å². The Hall–Kier alpha value is -3.26. The van der Waals surface area contributed by atoms with Crippen molar-refractivity contribution in [3.05, 3.63) is 59.8 Å². The quantitative estimate of drug-likeness (QED) is 0.805. The molecule has 0 saturated heterocycles. The van der Waals surface area contributed by atoms with Gasteiger partial charge in [0.05, 0.1) is 12.6 Å². The maximum atomic E-state index is 11.2. The first-order valence-electron chi connectivity index (χ1n) is 6.64. The molecule has 0 bridgehead atoms. The van der Waals surface area contributed by atoms with Crippen LogP contribution in [0.3, 0.4) is 0 Å². The molecule has 0 aliphatic carbocycles. The Morgan fingerprint density at radius 3 is 2.50 bits per heavy atom. The Kier molecular flexibility index (Phi) is 3.28. The van der Waals surface area contributed by atoms with Gasteiger partial charge in [-0.15, -0.1) is 0 Å². The second-order valence-electron chi connectivity index (χ2n) is 4.81.